The highest BCUT2D eigenvalue weighted by Gasteiger charge is 2.33. The number of anilines is 1. The van der Waals surface area contributed by atoms with Gasteiger partial charge in [-0.3, -0.25) is 9.69 Å². The maximum absolute atomic E-state index is 12.5. The Morgan fingerprint density at radius 1 is 1.17 bits per heavy atom. The number of carbonyl (C=O) groups is 1. The molecule has 2 aliphatic heterocycles. The van der Waals surface area contributed by atoms with Crippen molar-refractivity contribution in [1.82, 2.24) is 9.21 Å². The molecule has 2 heterocycles. The van der Waals surface area contributed by atoms with Crippen molar-refractivity contribution in [3.05, 3.63) is 29.8 Å². The summed E-state index contributed by atoms with van der Waals surface area (Å²) in [5, 5.41) is 3.01. The van der Waals surface area contributed by atoms with Gasteiger partial charge in [-0.05, 0) is 31.4 Å². The molecule has 0 bridgehead atoms. The van der Waals surface area contributed by atoms with Gasteiger partial charge in [-0.1, -0.05) is 18.2 Å². The number of para-hydroxylation sites is 1. The Balaban J connectivity index is 1.67. The van der Waals surface area contributed by atoms with E-state index in [0.29, 0.717) is 26.2 Å². The number of carbonyl (C=O) groups excluding carboxylic acids is 1. The fraction of sp³-hybridized carbons (Fsp3) is 0.562. The predicted molar refractivity (Wildman–Crippen MR) is 89.8 cm³/mol. The average molecular weight is 337 g/mol. The molecule has 1 atom stereocenters. The Labute approximate surface area is 137 Å². The highest BCUT2D eigenvalue weighted by atomic mass is 32.2. The van der Waals surface area contributed by atoms with Crippen LogP contribution in [0.1, 0.15) is 18.9 Å². The van der Waals surface area contributed by atoms with E-state index in [-0.39, 0.29) is 17.7 Å². The minimum atomic E-state index is -3.13. The normalized spacial score (nSPS) is 23.9. The largest absolute Gasteiger partial charge is 0.324 e. The van der Waals surface area contributed by atoms with Gasteiger partial charge in [0.05, 0.1) is 11.8 Å². The van der Waals surface area contributed by atoms with E-state index in [9.17, 15) is 13.2 Å². The van der Waals surface area contributed by atoms with Gasteiger partial charge in [-0.25, -0.2) is 8.42 Å². The summed E-state index contributed by atoms with van der Waals surface area (Å²) in [5.41, 5.74) is 2.06. The molecule has 1 amide bonds. The van der Waals surface area contributed by atoms with Crippen LogP contribution in [0, 0.1) is 0 Å². The summed E-state index contributed by atoms with van der Waals surface area (Å²) in [6, 6.07) is 7.70. The molecule has 0 radical (unpaired) electrons. The zero-order valence-electron chi connectivity index (χ0n) is 13.4. The van der Waals surface area contributed by atoms with E-state index in [0.717, 1.165) is 24.1 Å². The fourth-order valence-electron chi connectivity index (χ4n) is 3.32. The minimum Gasteiger partial charge on any atom is -0.324 e. The first-order chi connectivity index (χ1) is 11.0. The van der Waals surface area contributed by atoms with Crippen molar-refractivity contribution in [3.8, 4) is 0 Å². The first-order valence-electron chi connectivity index (χ1n) is 8.12. The number of piperazine rings is 1. The molecule has 0 aliphatic carbocycles. The van der Waals surface area contributed by atoms with Crippen LogP contribution in [0.2, 0.25) is 0 Å². The van der Waals surface area contributed by atoms with Crippen molar-refractivity contribution in [3.63, 3.8) is 0 Å². The molecule has 0 aromatic heterocycles. The third-order valence-electron chi connectivity index (χ3n) is 4.74. The number of rotatable bonds is 3. The maximum Gasteiger partial charge on any atom is 0.241 e. The van der Waals surface area contributed by atoms with E-state index in [1.807, 2.05) is 24.3 Å². The number of hydrogen-bond donors (Lipinski definition) is 1. The van der Waals surface area contributed by atoms with Crippen molar-refractivity contribution >= 4 is 21.6 Å². The van der Waals surface area contributed by atoms with Gasteiger partial charge in [0.1, 0.15) is 0 Å². The Morgan fingerprint density at radius 3 is 2.57 bits per heavy atom. The van der Waals surface area contributed by atoms with Crippen LogP contribution in [-0.4, -0.2) is 61.5 Å². The van der Waals surface area contributed by atoms with E-state index < -0.39 is 10.0 Å². The number of amides is 1. The third-order valence-corrected chi connectivity index (χ3v) is 6.62. The van der Waals surface area contributed by atoms with Gasteiger partial charge in [0.15, 0.2) is 0 Å². The molecule has 7 heteroatoms. The summed E-state index contributed by atoms with van der Waals surface area (Å²) >= 11 is 0. The SMILES string of the molecule is CCS(=O)(=O)N1CCN([C@H]2CCc3ccccc3NC2=O)CC1. The van der Waals surface area contributed by atoms with Crippen LogP contribution in [0.15, 0.2) is 24.3 Å². The van der Waals surface area contributed by atoms with E-state index in [1.54, 1.807) is 6.92 Å². The van der Waals surface area contributed by atoms with Crippen LogP contribution in [-0.2, 0) is 21.2 Å². The summed E-state index contributed by atoms with van der Waals surface area (Å²) < 4.78 is 25.4. The molecule has 1 aromatic carbocycles. The van der Waals surface area contributed by atoms with Gasteiger partial charge in [0.25, 0.3) is 0 Å². The van der Waals surface area contributed by atoms with Crippen LogP contribution in [0.25, 0.3) is 0 Å². The lowest BCUT2D eigenvalue weighted by Gasteiger charge is -2.37. The number of aryl methyl sites for hydroxylation is 1. The van der Waals surface area contributed by atoms with Crippen LogP contribution < -0.4 is 5.32 Å². The van der Waals surface area contributed by atoms with Crippen LogP contribution in [0.3, 0.4) is 0 Å². The van der Waals surface area contributed by atoms with Crippen molar-refractivity contribution < 1.29 is 13.2 Å². The Kier molecular flexibility index (Phi) is 4.70. The second-order valence-electron chi connectivity index (χ2n) is 6.04. The van der Waals surface area contributed by atoms with E-state index in [4.69, 9.17) is 0 Å². The summed E-state index contributed by atoms with van der Waals surface area (Å²) in [6.07, 6.45) is 1.62. The summed E-state index contributed by atoms with van der Waals surface area (Å²) in [5.74, 6) is 0.147. The van der Waals surface area contributed by atoms with Gasteiger partial charge in [0.2, 0.25) is 15.9 Å². The second-order valence-corrected chi connectivity index (χ2v) is 8.29. The molecule has 0 spiro atoms. The van der Waals surface area contributed by atoms with Gasteiger partial charge < -0.3 is 5.32 Å². The lowest BCUT2D eigenvalue weighted by atomic mass is 10.0. The van der Waals surface area contributed by atoms with Crippen molar-refractivity contribution in [2.75, 3.05) is 37.2 Å². The van der Waals surface area contributed by atoms with Crippen molar-refractivity contribution in [1.29, 1.82) is 0 Å². The molecule has 6 nitrogen and oxygen atoms in total. The molecule has 1 saturated heterocycles. The van der Waals surface area contributed by atoms with Gasteiger partial charge in [0, 0.05) is 31.9 Å². The Hall–Kier alpha value is -1.44. The molecular weight excluding hydrogens is 314 g/mol. The topological polar surface area (TPSA) is 69.7 Å². The smallest absolute Gasteiger partial charge is 0.241 e. The van der Waals surface area contributed by atoms with E-state index >= 15 is 0 Å². The first kappa shape index (κ1) is 16.4. The quantitative estimate of drug-likeness (QED) is 0.890. The summed E-state index contributed by atoms with van der Waals surface area (Å²) in [4.78, 5) is 14.6. The molecule has 1 N–H and O–H groups in total. The van der Waals surface area contributed by atoms with Crippen LogP contribution >= 0.6 is 0 Å². The monoisotopic (exact) mass is 337 g/mol. The lowest BCUT2D eigenvalue weighted by Crippen LogP contribution is -2.54. The summed E-state index contributed by atoms with van der Waals surface area (Å²) in [7, 11) is -3.13. The molecule has 1 fully saturated rings. The maximum atomic E-state index is 12.5. The fourth-order valence-corrected chi connectivity index (χ4v) is 4.41. The standard InChI is InChI=1S/C16H23N3O3S/c1-2-23(21,22)19-11-9-18(10-12-19)15-8-7-13-5-3-4-6-14(13)17-16(15)20/h3-6,15H,2,7-12H2,1H3,(H,17,20)/t15-/m0/s1. The van der Waals surface area contributed by atoms with Crippen LogP contribution in [0.5, 0.6) is 0 Å². The number of fused-ring (bicyclic) bond motifs is 1. The molecule has 0 saturated carbocycles. The number of nitrogens with zero attached hydrogens (tertiary/aromatic N) is 2. The molecule has 3 rings (SSSR count). The molecule has 0 unspecified atom stereocenters. The lowest BCUT2D eigenvalue weighted by molar-refractivity contribution is -0.121. The second kappa shape index (κ2) is 6.59. The molecular formula is C16H23N3O3S. The summed E-state index contributed by atoms with van der Waals surface area (Å²) in [6.45, 7) is 3.80. The zero-order chi connectivity index (χ0) is 16.4. The van der Waals surface area contributed by atoms with Gasteiger partial charge >= 0.3 is 0 Å². The highest BCUT2D eigenvalue weighted by Crippen LogP contribution is 2.24. The number of hydrogen-bond acceptors (Lipinski definition) is 4. The number of sulfonamides is 1. The Bertz CT molecular complexity index is 682. The predicted octanol–water partition coefficient (Wildman–Crippen LogP) is 0.907. The number of nitrogens with one attached hydrogen (secondary N) is 1. The Morgan fingerprint density at radius 2 is 1.87 bits per heavy atom. The van der Waals surface area contributed by atoms with Crippen molar-refractivity contribution in [2.24, 2.45) is 0 Å². The van der Waals surface area contributed by atoms with Crippen molar-refractivity contribution in [2.45, 2.75) is 25.8 Å². The molecule has 2 aliphatic rings. The highest BCUT2D eigenvalue weighted by molar-refractivity contribution is 7.89. The van der Waals surface area contributed by atoms with Gasteiger partial charge in [-0.15, -0.1) is 0 Å². The third kappa shape index (κ3) is 3.41. The number of benzene rings is 1. The van der Waals surface area contributed by atoms with Gasteiger partial charge in [-0.2, -0.15) is 4.31 Å². The molecule has 126 valence electrons. The minimum absolute atomic E-state index is 0.0155. The van der Waals surface area contributed by atoms with E-state index in [1.165, 1.54) is 4.31 Å². The van der Waals surface area contributed by atoms with Crippen LogP contribution in [0.4, 0.5) is 5.69 Å². The molecule has 23 heavy (non-hydrogen) atoms. The average Bonchev–Trinajstić information content (AvgIpc) is 2.73. The zero-order valence-corrected chi connectivity index (χ0v) is 14.2. The van der Waals surface area contributed by atoms with E-state index in [2.05, 4.69) is 10.2 Å². The molecule has 1 aromatic rings. The first-order valence-corrected chi connectivity index (χ1v) is 9.73.